The zero-order valence-electron chi connectivity index (χ0n) is 1.91. The number of hydrogen-bond acceptors (Lipinski definition) is 2. The number of nitroso groups, excluding NO2 is 1. The summed E-state index contributed by atoms with van der Waals surface area (Å²) in [5, 5.41) is 0. The second kappa shape index (κ2) is 55.0. The molecule has 0 heterocycles. The van der Waals surface area contributed by atoms with Gasteiger partial charge < -0.3 is 0 Å². The van der Waals surface area contributed by atoms with Crippen molar-refractivity contribution >= 4 is 11.0 Å². The molecular formula is HNOSiZr. The SMILES string of the molecule is N=O.[Si].[Zr]. The minimum atomic E-state index is 0. The Balaban J connectivity index is -0.00000000500. The molecule has 1 N–H and O–H groups in total. The first kappa shape index (κ1) is 22.3. The molecule has 0 atom stereocenters. The maximum Gasteiger partial charge on any atom is 0 e. The van der Waals surface area contributed by atoms with E-state index in [0.29, 0.717) is 0 Å². The normalized spacial score (nSPS) is 1.00. The van der Waals surface area contributed by atoms with E-state index in [0.717, 1.165) is 0 Å². The van der Waals surface area contributed by atoms with Gasteiger partial charge in [-0.1, -0.05) is 5.59 Å². The second-order valence-electron chi connectivity index (χ2n) is 0. The molecule has 0 spiro atoms. The van der Waals surface area contributed by atoms with E-state index in [-0.39, 0.29) is 37.2 Å². The predicted molar refractivity (Wildman–Crippen MR) is 11.8 cm³/mol. The van der Waals surface area contributed by atoms with Gasteiger partial charge in [-0.2, -0.15) is 4.91 Å². The predicted octanol–water partition coefficient (Wildman–Crippen LogP) is -0.0517. The minimum Gasteiger partial charge on any atom is -0.154 e. The molecule has 0 saturated heterocycles. The van der Waals surface area contributed by atoms with Crippen LogP contribution in [0.2, 0.25) is 0 Å². The molecule has 0 saturated carbocycles. The van der Waals surface area contributed by atoms with Crippen LogP contribution in [-0.2, 0) is 26.2 Å². The molecule has 0 bridgehead atoms. The molecule has 0 fully saturated rings. The van der Waals surface area contributed by atoms with E-state index in [4.69, 9.17) is 4.91 Å². The fourth-order valence-electron chi connectivity index (χ4n) is 0. The third kappa shape index (κ3) is 15.9. The van der Waals surface area contributed by atoms with Crippen LogP contribution in [0, 0.1) is 10.5 Å². The summed E-state index contributed by atoms with van der Waals surface area (Å²) in [6, 6.07) is 0. The summed E-state index contributed by atoms with van der Waals surface area (Å²) in [7, 11) is 0. The van der Waals surface area contributed by atoms with Gasteiger partial charge in [0.25, 0.3) is 0 Å². The Bertz CT molecular complexity index is 8.00. The molecule has 2 nitrogen and oxygen atoms in total. The summed E-state index contributed by atoms with van der Waals surface area (Å²) in [4.78, 5) is 7.50. The van der Waals surface area contributed by atoms with E-state index in [2.05, 4.69) is 5.59 Å². The van der Waals surface area contributed by atoms with Gasteiger partial charge in [-0.3, -0.25) is 0 Å². The summed E-state index contributed by atoms with van der Waals surface area (Å²) in [6.45, 7) is 0. The second-order valence-corrected chi connectivity index (χ2v) is 0. The molecular weight excluding hydrogens is 149 g/mol. The summed E-state index contributed by atoms with van der Waals surface area (Å²) >= 11 is 0. The Hall–Kier alpha value is 0.700. The average molecular weight is 150 g/mol. The van der Waals surface area contributed by atoms with E-state index < -0.39 is 0 Å². The van der Waals surface area contributed by atoms with Crippen LogP contribution < -0.4 is 0 Å². The van der Waals surface area contributed by atoms with Gasteiger partial charge in [-0.15, -0.1) is 0 Å². The van der Waals surface area contributed by atoms with Crippen molar-refractivity contribution < 1.29 is 26.2 Å². The van der Waals surface area contributed by atoms with E-state index >= 15 is 0 Å². The quantitative estimate of drug-likeness (QED) is 0.382. The third-order valence-electron chi connectivity index (χ3n) is 0. The zero-order chi connectivity index (χ0) is 2.00. The summed E-state index contributed by atoms with van der Waals surface area (Å²) in [5.41, 5.74) is 4.50. The third-order valence-corrected chi connectivity index (χ3v) is 0. The molecule has 20 valence electrons. The largest absolute Gasteiger partial charge is 0.154 e. The van der Waals surface area contributed by atoms with Crippen molar-refractivity contribution in [2.75, 3.05) is 0 Å². The average Bonchev–Trinajstić information content (AvgIpc) is 1.00. The standard InChI is InChI=1S/HNO.Si.Zr/c1-2;;/h1H;;. The monoisotopic (exact) mass is 149 g/mol. The van der Waals surface area contributed by atoms with Crippen molar-refractivity contribution in [3.63, 3.8) is 0 Å². The molecule has 0 aromatic rings. The Kier molecular flexibility index (Phi) is 306. The van der Waals surface area contributed by atoms with Gasteiger partial charge in [0.05, 0.1) is 0 Å². The Morgan fingerprint density at radius 1 is 1.25 bits per heavy atom. The van der Waals surface area contributed by atoms with Crippen molar-refractivity contribution in [3.05, 3.63) is 4.91 Å². The van der Waals surface area contributed by atoms with Crippen LogP contribution in [0.3, 0.4) is 0 Å². The van der Waals surface area contributed by atoms with E-state index in [1.165, 1.54) is 0 Å². The van der Waals surface area contributed by atoms with Crippen LogP contribution >= 0.6 is 0 Å². The van der Waals surface area contributed by atoms with Crippen molar-refractivity contribution in [1.82, 2.24) is 0 Å². The molecule has 0 aliphatic heterocycles. The fraction of sp³-hybridized carbons (Fsp3) is 0. The molecule has 4 heavy (non-hydrogen) atoms. The number of hydrogen-bond donors (Lipinski definition) is 1. The van der Waals surface area contributed by atoms with Gasteiger partial charge >= 0.3 is 0 Å². The Morgan fingerprint density at radius 2 is 1.25 bits per heavy atom. The number of nitrogens with one attached hydrogen (secondary N) is 1. The maximum absolute atomic E-state index is 7.50. The van der Waals surface area contributed by atoms with Crippen molar-refractivity contribution in [1.29, 1.82) is 5.59 Å². The van der Waals surface area contributed by atoms with Crippen molar-refractivity contribution in [2.45, 2.75) is 0 Å². The van der Waals surface area contributed by atoms with Crippen LogP contribution in [0.4, 0.5) is 0 Å². The zero-order valence-corrected chi connectivity index (χ0v) is 5.37. The van der Waals surface area contributed by atoms with Crippen LogP contribution in [0.25, 0.3) is 0 Å². The topological polar surface area (TPSA) is 40.9 Å². The molecule has 4 heteroatoms. The van der Waals surface area contributed by atoms with Crippen LogP contribution in [0.15, 0.2) is 0 Å². The molecule has 4 radical (unpaired) electrons. The summed E-state index contributed by atoms with van der Waals surface area (Å²) in [5.74, 6) is 0. The van der Waals surface area contributed by atoms with E-state index in [9.17, 15) is 0 Å². The molecule has 0 aliphatic rings. The summed E-state index contributed by atoms with van der Waals surface area (Å²) < 4.78 is 0. The van der Waals surface area contributed by atoms with Gasteiger partial charge in [-0.25, -0.2) is 0 Å². The van der Waals surface area contributed by atoms with Crippen LogP contribution in [0.5, 0.6) is 0 Å². The first-order valence-electron chi connectivity index (χ1n) is 0.204. The molecule has 0 amide bonds. The first-order valence-corrected chi connectivity index (χ1v) is 0.204. The van der Waals surface area contributed by atoms with Gasteiger partial charge in [-0.05, 0) is 0 Å². The molecule has 0 aromatic heterocycles. The Morgan fingerprint density at radius 3 is 1.25 bits per heavy atom. The molecule has 0 unspecified atom stereocenters. The Labute approximate surface area is 47.9 Å². The van der Waals surface area contributed by atoms with Gasteiger partial charge in [0, 0.05) is 37.2 Å². The van der Waals surface area contributed by atoms with Crippen molar-refractivity contribution in [3.8, 4) is 0 Å². The minimum absolute atomic E-state index is 0. The first-order chi connectivity index (χ1) is 1.00. The smallest absolute Gasteiger partial charge is 0 e. The molecule has 0 rings (SSSR count). The van der Waals surface area contributed by atoms with Crippen LogP contribution in [-0.4, -0.2) is 11.0 Å². The van der Waals surface area contributed by atoms with Gasteiger partial charge in [0.2, 0.25) is 0 Å². The van der Waals surface area contributed by atoms with Crippen LogP contribution in [0.1, 0.15) is 0 Å². The van der Waals surface area contributed by atoms with E-state index in [1.54, 1.807) is 0 Å². The maximum atomic E-state index is 7.50. The molecule has 0 aromatic carbocycles. The fourth-order valence-corrected chi connectivity index (χ4v) is 0. The van der Waals surface area contributed by atoms with Gasteiger partial charge in [0.15, 0.2) is 0 Å². The van der Waals surface area contributed by atoms with Gasteiger partial charge in [0.1, 0.15) is 0 Å². The number of rotatable bonds is 0. The molecule has 0 aliphatic carbocycles. The van der Waals surface area contributed by atoms with E-state index in [1.807, 2.05) is 0 Å². The summed E-state index contributed by atoms with van der Waals surface area (Å²) in [6.07, 6.45) is 0. The van der Waals surface area contributed by atoms with Crippen molar-refractivity contribution in [2.24, 2.45) is 0 Å².